The van der Waals surface area contributed by atoms with E-state index in [-0.39, 0.29) is 13.0 Å². The van der Waals surface area contributed by atoms with Gasteiger partial charge in [-0.2, -0.15) is 0 Å². The van der Waals surface area contributed by atoms with Crippen LogP contribution in [-0.2, 0) is 20.7 Å². The third-order valence-electron chi connectivity index (χ3n) is 2.33. The number of carbonyl (C=O) groups is 2. The van der Waals surface area contributed by atoms with Gasteiger partial charge in [-0.05, 0) is 24.8 Å². The number of aryl methyl sites for hydroxylation is 1. The quantitative estimate of drug-likeness (QED) is 0.460. The molecule has 0 radical (unpaired) electrons. The summed E-state index contributed by atoms with van der Waals surface area (Å²) in [6.07, 6.45) is 2.80. The number of ether oxygens (including phenoxy) is 1. The summed E-state index contributed by atoms with van der Waals surface area (Å²) in [7, 11) is 0. The van der Waals surface area contributed by atoms with Crippen LogP contribution in [-0.4, -0.2) is 18.5 Å². The molecule has 1 aromatic carbocycles. The SMILES string of the molecule is NCC(=O)OC(=O)CCCCc1ccccc1. The van der Waals surface area contributed by atoms with Crippen LogP contribution in [0.15, 0.2) is 30.3 Å². The van der Waals surface area contributed by atoms with Gasteiger partial charge in [0.05, 0.1) is 6.54 Å². The molecule has 0 fully saturated rings. The Bertz CT molecular complexity index is 362. The Labute approximate surface area is 101 Å². The monoisotopic (exact) mass is 235 g/mol. The number of carbonyl (C=O) groups excluding carboxylic acids is 2. The molecule has 0 unspecified atom stereocenters. The normalized spacial score (nSPS) is 9.94. The van der Waals surface area contributed by atoms with E-state index in [0.29, 0.717) is 6.42 Å². The molecule has 0 spiro atoms. The highest BCUT2D eigenvalue weighted by Gasteiger charge is 2.07. The van der Waals surface area contributed by atoms with Crippen LogP contribution in [0.4, 0.5) is 0 Å². The first-order valence-corrected chi connectivity index (χ1v) is 5.70. The number of esters is 2. The van der Waals surface area contributed by atoms with Crippen LogP contribution in [0.5, 0.6) is 0 Å². The molecule has 17 heavy (non-hydrogen) atoms. The van der Waals surface area contributed by atoms with Crippen LogP contribution in [0, 0.1) is 0 Å². The Morgan fingerprint density at radius 1 is 1.06 bits per heavy atom. The number of unbranched alkanes of at least 4 members (excludes halogenated alkanes) is 1. The molecule has 0 saturated carbocycles. The average molecular weight is 235 g/mol. The van der Waals surface area contributed by atoms with Gasteiger partial charge in [0.15, 0.2) is 0 Å². The first-order valence-electron chi connectivity index (χ1n) is 5.70. The summed E-state index contributed by atoms with van der Waals surface area (Å²) in [6.45, 7) is -0.254. The number of benzene rings is 1. The molecule has 92 valence electrons. The van der Waals surface area contributed by atoms with Crippen LogP contribution in [0.25, 0.3) is 0 Å². The van der Waals surface area contributed by atoms with Gasteiger partial charge in [-0.15, -0.1) is 0 Å². The molecule has 0 aliphatic rings. The molecule has 1 aromatic rings. The summed E-state index contributed by atoms with van der Waals surface area (Å²) in [5, 5.41) is 0. The van der Waals surface area contributed by atoms with Gasteiger partial charge in [-0.1, -0.05) is 30.3 Å². The second-order valence-electron chi connectivity index (χ2n) is 3.74. The van der Waals surface area contributed by atoms with Crippen molar-refractivity contribution in [3.05, 3.63) is 35.9 Å². The van der Waals surface area contributed by atoms with Crippen LogP contribution in [0.1, 0.15) is 24.8 Å². The highest BCUT2D eigenvalue weighted by molar-refractivity contribution is 5.86. The smallest absolute Gasteiger partial charge is 0.327 e. The largest absolute Gasteiger partial charge is 0.392 e. The summed E-state index contributed by atoms with van der Waals surface area (Å²) in [4.78, 5) is 21.8. The van der Waals surface area contributed by atoms with E-state index in [2.05, 4.69) is 16.9 Å². The molecular formula is C13H17NO3. The van der Waals surface area contributed by atoms with Crippen molar-refractivity contribution in [1.29, 1.82) is 0 Å². The van der Waals surface area contributed by atoms with Crippen molar-refractivity contribution >= 4 is 11.9 Å². The lowest BCUT2D eigenvalue weighted by atomic mass is 10.1. The van der Waals surface area contributed by atoms with Crippen LogP contribution < -0.4 is 5.73 Å². The van der Waals surface area contributed by atoms with Gasteiger partial charge >= 0.3 is 11.9 Å². The molecule has 0 saturated heterocycles. The van der Waals surface area contributed by atoms with Crippen molar-refractivity contribution in [3.8, 4) is 0 Å². The van der Waals surface area contributed by atoms with Crippen molar-refractivity contribution in [2.75, 3.05) is 6.54 Å². The maximum absolute atomic E-state index is 11.1. The molecule has 4 nitrogen and oxygen atoms in total. The summed E-state index contributed by atoms with van der Waals surface area (Å²) in [6, 6.07) is 10.1. The molecule has 0 aliphatic carbocycles. The number of nitrogens with two attached hydrogens (primary N) is 1. The van der Waals surface area contributed by atoms with Crippen LogP contribution in [0.3, 0.4) is 0 Å². The fraction of sp³-hybridized carbons (Fsp3) is 0.385. The Balaban J connectivity index is 2.12. The summed E-state index contributed by atoms with van der Waals surface area (Å²) in [5.74, 6) is -1.16. The van der Waals surface area contributed by atoms with E-state index < -0.39 is 11.9 Å². The zero-order chi connectivity index (χ0) is 12.5. The highest BCUT2D eigenvalue weighted by Crippen LogP contribution is 2.06. The number of hydrogen-bond acceptors (Lipinski definition) is 4. The standard InChI is InChI=1S/C13H17NO3/c14-10-13(16)17-12(15)9-5-4-8-11-6-2-1-3-7-11/h1-3,6-7H,4-5,8-10,14H2. The van der Waals surface area contributed by atoms with Crippen molar-refractivity contribution in [2.45, 2.75) is 25.7 Å². The highest BCUT2D eigenvalue weighted by atomic mass is 16.6. The van der Waals surface area contributed by atoms with Crippen molar-refractivity contribution < 1.29 is 14.3 Å². The Kier molecular flexibility index (Phi) is 5.96. The number of rotatable bonds is 6. The van der Waals surface area contributed by atoms with E-state index in [0.717, 1.165) is 12.8 Å². The molecule has 0 atom stereocenters. The lowest BCUT2D eigenvalue weighted by Gasteiger charge is -2.02. The van der Waals surface area contributed by atoms with Gasteiger partial charge in [0, 0.05) is 6.42 Å². The van der Waals surface area contributed by atoms with Gasteiger partial charge in [0.25, 0.3) is 0 Å². The predicted octanol–water partition coefficient (Wildman–Crippen LogP) is 1.43. The van der Waals surface area contributed by atoms with E-state index in [1.165, 1.54) is 5.56 Å². The molecule has 1 rings (SSSR count). The van der Waals surface area contributed by atoms with E-state index in [4.69, 9.17) is 5.73 Å². The van der Waals surface area contributed by atoms with Crippen molar-refractivity contribution in [1.82, 2.24) is 0 Å². The van der Waals surface area contributed by atoms with Crippen molar-refractivity contribution in [3.63, 3.8) is 0 Å². The van der Waals surface area contributed by atoms with Gasteiger partial charge in [-0.3, -0.25) is 9.59 Å². The van der Waals surface area contributed by atoms with Gasteiger partial charge in [0.2, 0.25) is 0 Å². The molecule has 0 bridgehead atoms. The minimum atomic E-state index is -0.668. The number of hydrogen-bond donors (Lipinski definition) is 1. The molecular weight excluding hydrogens is 218 g/mol. The first kappa shape index (κ1) is 13.4. The van der Waals surface area contributed by atoms with E-state index in [9.17, 15) is 9.59 Å². The van der Waals surface area contributed by atoms with Gasteiger partial charge in [0.1, 0.15) is 0 Å². The summed E-state index contributed by atoms with van der Waals surface area (Å²) < 4.78 is 4.45. The minimum absolute atomic E-state index is 0.254. The third kappa shape index (κ3) is 5.82. The Morgan fingerprint density at radius 3 is 2.41 bits per heavy atom. The topological polar surface area (TPSA) is 69.4 Å². The maximum atomic E-state index is 11.1. The van der Waals surface area contributed by atoms with E-state index >= 15 is 0 Å². The van der Waals surface area contributed by atoms with Crippen molar-refractivity contribution in [2.24, 2.45) is 5.73 Å². The molecule has 2 N–H and O–H groups in total. The zero-order valence-electron chi connectivity index (χ0n) is 9.72. The lowest BCUT2D eigenvalue weighted by Crippen LogP contribution is -2.20. The minimum Gasteiger partial charge on any atom is -0.392 e. The summed E-state index contributed by atoms with van der Waals surface area (Å²) >= 11 is 0. The third-order valence-corrected chi connectivity index (χ3v) is 2.33. The Morgan fingerprint density at radius 2 is 1.76 bits per heavy atom. The molecule has 0 aliphatic heterocycles. The molecule has 4 heteroatoms. The lowest BCUT2D eigenvalue weighted by molar-refractivity contribution is -0.158. The van der Waals surface area contributed by atoms with E-state index in [1.807, 2.05) is 18.2 Å². The fourth-order valence-corrected chi connectivity index (χ4v) is 1.46. The second-order valence-corrected chi connectivity index (χ2v) is 3.74. The molecule has 0 aromatic heterocycles. The molecule has 0 amide bonds. The molecule has 0 heterocycles. The first-order chi connectivity index (χ1) is 8.22. The second kappa shape index (κ2) is 7.57. The fourth-order valence-electron chi connectivity index (χ4n) is 1.46. The predicted molar refractivity (Wildman–Crippen MR) is 64.2 cm³/mol. The Hall–Kier alpha value is -1.68. The van der Waals surface area contributed by atoms with Crippen LogP contribution in [0.2, 0.25) is 0 Å². The van der Waals surface area contributed by atoms with E-state index in [1.54, 1.807) is 0 Å². The van der Waals surface area contributed by atoms with Gasteiger partial charge < -0.3 is 10.5 Å². The van der Waals surface area contributed by atoms with Crippen LogP contribution >= 0.6 is 0 Å². The average Bonchev–Trinajstić information content (AvgIpc) is 2.36. The summed E-state index contributed by atoms with van der Waals surface area (Å²) in [5.41, 5.74) is 6.27. The van der Waals surface area contributed by atoms with Gasteiger partial charge in [-0.25, -0.2) is 0 Å². The maximum Gasteiger partial charge on any atom is 0.327 e. The zero-order valence-corrected chi connectivity index (χ0v) is 9.72.